The lowest BCUT2D eigenvalue weighted by molar-refractivity contribution is 0.565. The van der Waals surface area contributed by atoms with E-state index in [-0.39, 0.29) is 0 Å². The zero-order chi connectivity index (χ0) is 12.3. The molecule has 0 saturated carbocycles. The monoisotopic (exact) mass is 271 g/mol. The lowest BCUT2D eigenvalue weighted by Gasteiger charge is -2.03. The average molecular weight is 272 g/mol. The lowest BCUT2D eigenvalue weighted by Crippen LogP contribution is -1.86. The molecule has 2 rings (SSSR count). The van der Waals surface area contributed by atoms with E-state index in [0.29, 0.717) is 15.8 Å². The highest BCUT2D eigenvalue weighted by Gasteiger charge is 2.04. The SMILES string of the molecule is Fc1ccc(SCc2ccc(Cl)nc2)c(F)c1. The summed E-state index contributed by atoms with van der Waals surface area (Å²) in [6, 6.07) is 7.05. The van der Waals surface area contributed by atoms with Crippen LogP contribution in [0.2, 0.25) is 5.15 Å². The first-order valence-corrected chi connectivity index (χ1v) is 6.20. The third kappa shape index (κ3) is 3.41. The maximum Gasteiger partial charge on any atom is 0.139 e. The van der Waals surface area contributed by atoms with Gasteiger partial charge in [-0.15, -0.1) is 11.8 Å². The van der Waals surface area contributed by atoms with Gasteiger partial charge in [0.15, 0.2) is 0 Å². The van der Waals surface area contributed by atoms with Crippen LogP contribution in [-0.2, 0) is 5.75 Å². The molecule has 1 aromatic heterocycles. The summed E-state index contributed by atoms with van der Waals surface area (Å²) in [7, 11) is 0. The van der Waals surface area contributed by atoms with Crippen molar-refractivity contribution in [3.8, 4) is 0 Å². The zero-order valence-electron chi connectivity index (χ0n) is 8.66. The molecule has 1 nitrogen and oxygen atoms in total. The predicted octanol–water partition coefficient (Wildman–Crippen LogP) is 4.31. The van der Waals surface area contributed by atoms with Gasteiger partial charge in [-0.2, -0.15) is 0 Å². The Morgan fingerprint density at radius 3 is 2.65 bits per heavy atom. The molecule has 0 aliphatic rings. The Balaban J connectivity index is 2.04. The van der Waals surface area contributed by atoms with Crippen LogP contribution in [0.1, 0.15) is 5.56 Å². The van der Waals surface area contributed by atoms with Crippen molar-refractivity contribution in [1.29, 1.82) is 0 Å². The van der Waals surface area contributed by atoms with Crippen LogP contribution in [0.4, 0.5) is 8.78 Å². The molecule has 0 saturated heterocycles. The molecule has 0 spiro atoms. The highest BCUT2D eigenvalue weighted by Crippen LogP contribution is 2.25. The van der Waals surface area contributed by atoms with Crippen molar-refractivity contribution in [2.24, 2.45) is 0 Å². The van der Waals surface area contributed by atoms with Gasteiger partial charge >= 0.3 is 0 Å². The van der Waals surface area contributed by atoms with Gasteiger partial charge in [-0.25, -0.2) is 13.8 Å². The molecular formula is C12H8ClF2NS. The summed E-state index contributed by atoms with van der Waals surface area (Å²) < 4.78 is 26.0. The fraction of sp³-hybridized carbons (Fsp3) is 0.0833. The zero-order valence-corrected chi connectivity index (χ0v) is 10.2. The van der Waals surface area contributed by atoms with Gasteiger partial charge in [-0.05, 0) is 23.8 Å². The van der Waals surface area contributed by atoms with Gasteiger partial charge < -0.3 is 0 Å². The number of hydrogen-bond donors (Lipinski definition) is 0. The van der Waals surface area contributed by atoms with Crippen LogP contribution < -0.4 is 0 Å². The Labute approximate surface area is 107 Å². The first-order chi connectivity index (χ1) is 8.15. The van der Waals surface area contributed by atoms with Crippen molar-refractivity contribution in [2.75, 3.05) is 0 Å². The van der Waals surface area contributed by atoms with E-state index >= 15 is 0 Å². The number of nitrogens with zero attached hydrogens (tertiary/aromatic N) is 1. The van der Waals surface area contributed by atoms with Crippen LogP contribution >= 0.6 is 23.4 Å². The van der Waals surface area contributed by atoms with E-state index in [9.17, 15) is 8.78 Å². The molecule has 0 unspecified atom stereocenters. The van der Waals surface area contributed by atoms with E-state index in [1.807, 2.05) is 6.07 Å². The second-order valence-corrected chi connectivity index (χ2v) is 4.76. The smallest absolute Gasteiger partial charge is 0.139 e. The minimum absolute atomic E-state index is 0.418. The normalized spacial score (nSPS) is 10.5. The molecule has 0 aliphatic heterocycles. The van der Waals surface area contributed by atoms with E-state index in [1.165, 1.54) is 23.9 Å². The average Bonchev–Trinajstić information content (AvgIpc) is 2.30. The molecule has 0 N–H and O–H groups in total. The first-order valence-electron chi connectivity index (χ1n) is 4.83. The van der Waals surface area contributed by atoms with Gasteiger partial charge in [0.25, 0.3) is 0 Å². The van der Waals surface area contributed by atoms with Gasteiger partial charge in [0.1, 0.15) is 16.8 Å². The van der Waals surface area contributed by atoms with E-state index in [2.05, 4.69) is 4.98 Å². The fourth-order valence-corrected chi connectivity index (χ4v) is 2.21. The van der Waals surface area contributed by atoms with E-state index < -0.39 is 11.6 Å². The third-order valence-corrected chi connectivity index (χ3v) is 3.42. The molecule has 0 radical (unpaired) electrons. The summed E-state index contributed by atoms with van der Waals surface area (Å²) in [4.78, 5) is 4.34. The maximum absolute atomic E-state index is 13.3. The number of aromatic nitrogens is 1. The largest absolute Gasteiger partial charge is 0.244 e. The summed E-state index contributed by atoms with van der Waals surface area (Å²) >= 11 is 6.94. The Bertz CT molecular complexity index is 516. The second kappa shape index (κ2) is 5.47. The summed E-state index contributed by atoms with van der Waals surface area (Å²) in [5.74, 6) is -0.552. The van der Waals surface area contributed by atoms with Crippen molar-refractivity contribution in [2.45, 2.75) is 10.6 Å². The number of rotatable bonds is 3. The van der Waals surface area contributed by atoms with Crippen LogP contribution in [-0.4, -0.2) is 4.98 Å². The molecule has 1 aromatic carbocycles. The minimum atomic E-state index is -0.569. The Morgan fingerprint density at radius 2 is 2.00 bits per heavy atom. The molecule has 0 fully saturated rings. The van der Waals surface area contributed by atoms with Crippen molar-refractivity contribution >= 4 is 23.4 Å². The quantitative estimate of drug-likeness (QED) is 0.610. The van der Waals surface area contributed by atoms with Gasteiger partial charge in [0.05, 0.1) is 0 Å². The van der Waals surface area contributed by atoms with Crippen molar-refractivity contribution in [3.63, 3.8) is 0 Å². The fourth-order valence-electron chi connectivity index (χ4n) is 1.25. The Kier molecular flexibility index (Phi) is 3.97. The van der Waals surface area contributed by atoms with Gasteiger partial charge in [0, 0.05) is 22.9 Å². The van der Waals surface area contributed by atoms with Crippen molar-refractivity contribution in [1.82, 2.24) is 4.98 Å². The van der Waals surface area contributed by atoms with Gasteiger partial charge in [-0.1, -0.05) is 17.7 Å². The van der Waals surface area contributed by atoms with Crippen LogP contribution in [0.5, 0.6) is 0 Å². The van der Waals surface area contributed by atoms with E-state index in [4.69, 9.17) is 11.6 Å². The summed E-state index contributed by atoms with van der Waals surface area (Å²) in [6.45, 7) is 0. The first kappa shape index (κ1) is 12.3. The van der Waals surface area contributed by atoms with E-state index in [1.54, 1.807) is 12.3 Å². The lowest BCUT2D eigenvalue weighted by atomic mass is 10.3. The van der Waals surface area contributed by atoms with Crippen molar-refractivity contribution < 1.29 is 8.78 Å². The van der Waals surface area contributed by atoms with Crippen LogP contribution in [0.15, 0.2) is 41.4 Å². The topological polar surface area (TPSA) is 12.9 Å². The molecule has 0 atom stereocenters. The van der Waals surface area contributed by atoms with Crippen LogP contribution in [0.25, 0.3) is 0 Å². The van der Waals surface area contributed by atoms with E-state index in [0.717, 1.165) is 11.6 Å². The Morgan fingerprint density at radius 1 is 1.18 bits per heavy atom. The molecule has 1 heterocycles. The molecule has 17 heavy (non-hydrogen) atoms. The molecule has 2 aromatic rings. The Hall–Kier alpha value is -1.13. The maximum atomic E-state index is 13.3. The summed E-state index contributed by atoms with van der Waals surface area (Å²) in [5.41, 5.74) is 0.933. The summed E-state index contributed by atoms with van der Waals surface area (Å²) in [5, 5.41) is 0.423. The number of benzene rings is 1. The number of hydrogen-bond acceptors (Lipinski definition) is 2. The number of halogens is 3. The second-order valence-electron chi connectivity index (χ2n) is 3.35. The molecule has 5 heteroatoms. The highest BCUT2D eigenvalue weighted by atomic mass is 35.5. The third-order valence-electron chi connectivity index (χ3n) is 2.08. The molecule has 0 aliphatic carbocycles. The predicted molar refractivity (Wildman–Crippen MR) is 65.2 cm³/mol. The van der Waals surface area contributed by atoms with Gasteiger partial charge in [0.2, 0.25) is 0 Å². The van der Waals surface area contributed by atoms with Crippen LogP contribution in [0.3, 0.4) is 0 Å². The highest BCUT2D eigenvalue weighted by molar-refractivity contribution is 7.98. The van der Waals surface area contributed by atoms with Crippen molar-refractivity contribution in [3.05, 3.63) is 58.9 Å². The summed E-state index contributed by atoms with van der Waals surface area (Å²) in [6.07, 6.45) is 1.64. The molecule has 0 amide bonds. The molecule has 0 bridgehead atoms. The molecule has 88 valence electrons. The standard InChI is InChI=1S/C12H8ClF2NS/c13-12-4-1-8(6-16-12)7-17-11-3-2-9(14)5-10(11)15/h1-6H,7H2. The van der Waals surface area contributed by atoms with Gasteiger partial charge in [-0.3, -0.25) is 0 Å². The molecular weight excluding hydrogens is 264 g/mol. The minimum Gasteiger partial charge on any atom is -0.244 e. The van der Waals surface area contributed by atoms with Crippen LogP contribution in [0, 0.1) is 11.6 Å². The number of thioether (sulfide) groups is 1. The number of pyridine rings is 1.